The summed E-state index contributed by atoms with van der Waals surface area (Å²) in [5, 5.41) is 11.3. The van der Waals surface area contributed by atoms with E-state index in [1.165, 1.54) is 14.2 Å². The lowest BCUT2D eigenvalue weighted by Gasteiger charge is -2.13. The number of nitriles is 1. The van der Waals surface area contributed by atoms with E-state index in [2.05, 4.69) is 5.32 Å². The van der Waals surface area contributed by atoms with Crippen LogP contribution in [0.2, 0.25) is 0 Å². The van der Waals surface area contributed by atoms with Gasteiger partial charge in [0.1, 0.15) is 17.2 Å². The third kappa shape index (κ3) is 3.03. The third-order valence-corrected chi connectivity index (χ3v) is 2.84. The van der Waals surface area contributed by atoms with Gasteiger partial charge in [0.2, 0.25) is 0 Å². The summed E-state index contributed by atoms with van der Waals surface area (Å²) in [5.41, 5.74) is -0.0597. The molecule has 2 aromatic rings. The Balaban J connectivity index is 2.41. The smallest absolute Gasteiger partial charge is 0.150 e. The highest BCUT2D eigenvalue weighted by Gasteiger charge is 2.14. The van der Waals surface area contributed by atoms with Crippen molar-refractivity contribution in [2.45, 2.75) is 0 Å². The molecule has 0 fully saturated rings. The van der Waals surface area contributed by atoms with E-state index in [1.54, 1.807) is 24.3 Å². The largest absolute Gasteiger partial charge is 0.497 e. The number of anilines is 2. The SMILES string of the molecule is COc1ccc(Nc2c(F)cc(C#N)cc2F)c(OC)c1. The van der Waals surface area contributed by atoms with Gasteiger partial charge in [0.05, 0.1) is 31.5 Å². The first-order valence-electron chi connectivity index (χ1n) is 5.97. The molecule has 0 aliphatic carbocycles. The van der Waals surface area contributed by atoms with Crippen molar-refractivity contribution in [2.75, 3.05) is 19.5 Å². The standard InChI is InChI=1S/C15H12F2N2O2/c1-20-10-3-4-13(14(7-10)21-2)19-15-11(16)5-9(8-18)6-12(15)17/h3-7,19H,1-2H3. The van der Waals surface area contributed by atoms with Gasteiger partial charge in [-0.25, -0.2) is 8.78 Å². The predicted octanol–water partition coefficient (Wildman–Crippen LogP) is 3.60. The van der Waals surface area contributed by atoms with Gasteiger partial charge in [0.15, 0.2) is 11.6 Å². The lowest BCUT2D eigenvalue weighted by Crippen LogP contribution is -2.01. The molecule has 0 saturated heterocycles. The lowest BCUT2D eigenvalue weighted by atomic mass is 10.2. The fraction of sp³-hybridized carbons (Fsp3) is 0.133. The molecule has 0 radical (unpaired) electrons. The summed E-state index contributed by atoms with van der Waals surface area (Å²) in [6.07, 6.45) is 0. The summed E-state index contributed by atoms with van der Waals surface area (Å²) >= 11 is 0. The Hall–Kier alpha value is -2.81. The van der Waals surface area contributed by atoms with Crippen molar-refractivity contribution in [1.82, 2.24) is 0 Å². The van der Waals surface area contributed by atoms with E-state index in [4.69, 9.17) is 14.7 Å². The molecule has 2 aromatic carbocycles. The molecule has 0 amide bonds. The van der Waals surface area contributed by atoms with Crippen LogP contribution in [-0.2, 0) is 0 Å². The van der Waals surface area contributed by atoms with E-state index >= 15 is 0 Å². The van der Waals surface area contributed by atoms with Gasteiger partial charge in [-0.05, 0) is 24.3 Å². The van der Waals surface area contributed by atoms with Crippen LogP contribution in [0, 0.1) is 23.0 Å². The van der Waals surface area contributed by atoms with Crippen LogP contribution in [0.1, 0.15) is 5.56 Å². The molecule has 1 N–H and O–H groups in total. The Bertz CT molecular complexity index is 688. The second-order valence-electron chi connectivity index (χ2n) is 4.12. The zero-order valence-corrected chi connectivity index (χ0v) is 11.4. The molecule has 0 aliphatic rings. The molecule has 21 heavy (non-hydrogen) atoms. The molecule has 0 bridgehead atoms. The highest BCUT2D eigenvalue weighted by Crippen LogP contribution is 2.33. The molecule has 0 aliphatic heterocycles. The van der Waals surface area contributed by atoms with Crippen molar-refractivity contribution in [3.8, 4) is 17.6 Å². The number of hydrogen-bond donors (Lipinski definition) is 1. The zero-order chi connectivity index (χ0) is 15.4. The molecular weight excluding hydrogens is 278 g/mol. The summed E-state index contributed by atoms with van der Waals surface area (Å²) in [4.78, 5) is 0. The minimum absolute atomic E-state index is 0.0859. The maximum Gasteiger partial charge on any atom is 0.150 e. The summed E-state index contributed by atoms with van der Waals surface area (Å²) in [7, 11) is 2.94. The molecule has 0 spiro atoms. The Labute approximate surface area is 120 Å². The van der Waals surface area contributed by atoms with Crippen molar-refractivity contribution in [2.24, 2.45) is 0 Å². The average Bonchev–Trinajstić information content (AvgIpc) is 2.50. The topological polar surface area (TPSA) is 54.3 Å². The molecule has 0 atom stereocenters. The summed E-state index contributed by atoms with van der Waals surface area (Å²) in [6, 6.07) is 8.40. The second-order valence-corrected chi connectivity index (χ2v) is 4.12. The van der Waals surface area contributed by atoms with Gasteiger partial charge < -0.3 is 14.8 Å². The van der Waals surface area contributed by atoms with E-state index < -0.39 is 11.6 Å². The maximum absolute atomic E-state index is 13.8. The minimum Gasteiger partial charge on any atom is -0.497 e. The van der Waals surface area contributed by atoms with Crippen molar-refractivity contribution >= 4 is 11.4 Å². The van der Waals surface area contributed by atoms with Crippen LogP contribution in [0.4, 0.5) is 20.2 Å². The van der Waals surface area contributed by atoms with Crippen LogP contribution in [0.5, 0.6) is 11.5 Å². The van der Waals surface area contributed by atoms with Gasteiger partial charge >= 0.3 is 0 Å². The average molecular weight is 290 g/mol. The van der Waals surface area contributed by atoms with Crippen LogP contribution in [-0.4, -0.2) is 14.2 Å². The molecule has 4 nitrogen and oxygen atoms in total. The van der Waals surface area contributed by atoms with Crippen LogP contribution >= 0.6 is 0 Å². The summed E-state index contributed by atoms with van der Waals surface area (Å²) in [6.45, 7) is 0. The highest BCUT2D eigenvalue weighted by atomic mass is 19.1. The van der Waals surface area contributed by atoms with Crippen LogP contribution < -0.4 is 14.8 Å². The van der Waals surface area contributed by atoms with Crippen LogP contribution in [0.25, 0.3) is 0 Å². The molecule has 0 heterocycles. The number of halogens is 2. The maximum atomic E-state index is 13.8. The van der Waals surface area contributed by atoms with Gasteiger partial charge in [-0.3, -0.25) is 0 Å². The first-order chi connectivity index (χ1) is 10.1. The number of nitrogens with one attached hydrogen (secondary N) is 1. The molecule has 6 heteroatoms. The van der Waals surface area contributed by atoms with Crippen molar-refractivity contribution < 1.29 is 18.3 Å². The van der Waals surface area contributed by atoms with E-state index in [-0.39, 0.29) is 11.3 Å². The summed E-state index contributed by atoms with van der Waals surface area (Å²) in [5.74, 6) is -0.787. The van der Waals surface area contributed by atoms with E-state index in [9.17, 15) is 8.78 Å². The van der Waals surface area contributed by atoms with Crippen molar-refractivity contribution in [3.05, 3.63) is 47.5 Å². The molecule has 0 aromatic heterocycles. The number of rotatable bonds is 4. The van der Waals surface area contributed by atoms with E-state index in [0.717, 1.165) is 12.1 Å². The van der Waals surface area contributed by atoms with Crippen molar-refractivity contribution in [3.63, 3.8) is 0 Å². The monoisotopic (exact) mass is 290 g/mol. The molecule has 108 valence electrons. The fourth-order valence-corrected chi connectivity index (χ4v) is 1.79. The number of methoxy groups -OCH3 is 2. The van der Waals surface area contributed by atoms with Crippen LogP contribution in [0.15, 0.2) is 30.3 Å². The normalized spacial score (nSPS) is 9.86. The van der Waals surface area contributed by atoms with Crippen LogP contribution in [0.3, 0.4) is 0 Å². The predicted molar refractivity (Wildman–Crippen MR) is 73.9 cm³/mol. The molecule has 0 unspecified atom stereocenters. The Morgan fingerprint density at radius 3 is 2.24 bits per heavy atom. The highest BCUT2D eigenvalue weighted by molar-refractivity contribution is 5.68. The van der Waals surface area contributed by atoms with Gasteiger partial charge in [-0.1, -0.05) is 0 Å². The molecule has 2 rings (SSSR count). The van der Waals surface area contributed by atoms with Gasteiger partial charge in [-0.15, -0.1) is 0 Å². The number of benzene rings is 2. The minimum atomic E-state index is -0.857. The van der Waals surface area contributed by atoms with Gasteiger partial charge in [0, 0.05) is 6.07 Å². The first-order valence-corrected chi connectivity index (χ1v) is 5.97. The van der Waals surface area contributed by atoms with Gasteiger partial charge in [-0.2, -0.15) is 5.26 Å². The van der Waals surface area contributed by atoms with Crippen molar-refractivity contribution in [1.29, 1.82) is 5.26 Å². The second kappa shape index (κ2) is 6.09. The van der Waals surface area contributed by atoms with Gasteiger partial charge in [0.25, 0.3) is 0 Å². The number of nitrogens with zero attached hydrogens (tertiary/aromatic N) is 1. The number of hydrogen-bond acceptors (Lipinski definition) is 4. The molecular formula is C15H12F2N2O2. The third-order valence-electron chi connectivity index (χ3n) is 2.84. The zero-order valence-electron chi connectivity index (χ0n) is 11.4. The first kappa shape index (κ1) is 14.6. The van der Waals surface area contributed by atoms with E-state index in [1.807, 2.05) is 0 Å². The quantitative estimate of drug-likeness (QED) is 0.934. The lowest BCUT2D eigenvalue weighted by molar-refractivity contribution is 0.395. The Kier molecular flexibility index (Phi) is 4.24. The molecule has 0 saturated carbocycles. The summed E-state index contributed by atoms with van der Waals surface area (Å²) < 4.78 is 37.9. The van der Waals surface area contributed by atoms with E-state index in [0.29, 0.717) is 17.2 Å². The fourth-order valence-electron chi connectivity index (χ4n) is 1.79. The Morgan fingerprint density at radius 1 is 1.05 bits per heavy atom. The number of ether oxygens (including phenoxy) is 2. The Morgan fingerprint density at radius 2 is 1.71 bits per heavy atom.